The fourth-order valence-electron chi connectivity index (χ4n) is 2.15. The van der Waals surface area contributed by atoms with Crippen molar-refractivity contribution in [1.82, 2.24) is 9.21 Å². The molecule has 1 aliphatic rings. The zero-order valence-electron chi connectivity index (χ0n) is 12.3. The van der Waals surface area contributed by atoms with Crippen LogP contribution in [0.15, 0.2) is 0 Å². The number of halogens is 1. The van der Waals surface area contributed by atoms with Crippen LogP contribution in [0.4, 0.5) is 0 Å². The molecule has 0 aromatic rings. The number of morpholine rings is 1. The predicted octanol–water partition coefficient (Wildman–Crippen LogP) is 0.883. The third kappa shape index (κ3) is 7.43. The highest BCUT2D eigenvalue weighted by atomic mass is 35.5. The minimum atomic E-state index is -3.30. The second kappa shape index (κ2) is 10.4. The summed E-state index contributed by atoms with van der Waals surface area (Å²) in [5.74, 6) is 0.579. The van der Waals surface area contributed by atoms with Crippen LogP contribution in [0.2, 0.25) is 0 Å². The highest BCUT2D eigenvalue weighted by Crippen LogP contribution is 2.08. The molecule has 0 aliphatic carbocycles. The Hall–Kier alpha value is -0.390. The quantitative estimate of drug-likeness (QED) is 0.437. The van der Waals surface area contributed by atoms with E-state index in [2.05, 4.69) is 4.90 Å². The Kier molecular flexibility index (Phi) is 9.20. The van der Waals surface area contributed by atoms with Gasteiger partial charge in [0.05, 0.1) is 25.0 Å². The van der Waals surface area contributed by atoms with Gasteiger partial charge < -0.3 is 4.74 Å². The summed E-state index contributed by atoms with van der Waals surface area (Å²) in [6.45, 7) is 4.44. The van der Waals surface area contributed by atoms with Gasteiger partial charge in [-0.15, -0.1) is 11.6 Å². The minimum Gasteiger partial charge on any atom is -0.379 e. The SMILES string of the molecule is N#CCCN(CCN1CCOCC1)S(=O)(=O)CCCCCl. The van der Waals surface area contributed by atoms with Crippen LogP contribution in [-0.4, -0.2) is 75.2 Å². The van der Waals surface area contributed by atoms with E-state index in [9.17, 15) is 8.42 Å². The van der Waals surface area contributed by atoms with Gasteiger partial charge in [0.25, 0.3) is 0 Å². The fourth-order valence-corrected chi connectivity index (χ4v) is 3.90. The van der Waals surface area contributed by atoms with Crippen molar-refractivity contribution in [1.29, 1.82) is 5.26 Å². The van der Waals surface area contributed by atoms with Crippen molar-refractivity contribution in [3.8, 4) is 6.07 Å². The molecule has 0 saturated carbocycles. The van der Waals surface area contributed by atoms with Gasteiger partial charge in [-0.25, -0.2) is 8.42 Å². The molecule has 0 radical (unpaired) electrons. The molecule has 6 nitrogen and oxygen atoms in total. The van der Waals surface area contributed by atoms with Gasteiger partial charge in [-0.1, -0.05) is 0 Å². The molecule has 1 heterocycles. The Morgan fingerprint density at radius 2 is 1.95 bits per heavy atom. The summed E-state index contributed by atoms with van der Waals surface area (Å²) in [6, 6.07) is 2.01. The van der Waals surface area contributed by atoms with Gasteiger partial charge in [-0.2, -0.15) is 9.57 Å². The average molecular weight is 338 g/mol. The molecule has 0 atom stereocenters. The van der Waals surface area contributed by atoms with Crippen molar-refractivity contribution in [2.45, 2.75) is 19.3 Å². The van der Waals surface area contributed by atoms with E-state index in [1.54, 1.807) is 0 Å². The van der Waals surface area contributed by atoms with Gasteiger partial charge in [0.2, 0.25) is 10.0 Å². The fraction of sp³-hybridized carbons (Fsp3) is 0.923. The second-order valence-electron chi connectivity index (χ2n) is 4.97. The molecule has 0 aromatic heterocycles. The van der Waals surface area contributed by atoms with Gasteiger partial charge in [0.15, 0.2) is 0 Å². The zero-order valence-corrected chi connectivity index (χ0v) is 13.9. The highest BCUT2D eigenvalue weighted by Gasteiger charge is 2.22. The Balaban J connectivity index is 2.50. The first-order chi connectivity index (χ1) is 10.1. The molecule has 0 spiro atoms. The first kappa shape index (κ1) is 18.7. The van der Waals surface area contributed by atoms with E-state index in [0.717, 1.165) is 13.1 Å². The second-order valence-corrected chi connectivity index (χ2v) is 7.44. The van der Waals surface area contributed by atoms with Crippen molar-refractivity contribution in [2.75, 3.05) is 57.6 Å². The molecular formula is C13H24ClN3O3S. The number of nitrogens with zero attached hydrogens (tertiary/aromatic N) is 3. The van der Waals surface area contributed by atoms with E-state index in [1.165, 1.54) is 4.31 Å². The summed E-state index contributed by atoms with van der Waals surface area (Å²) < 4.78 is 31.3. The molecule has 1 aliphatic heterocycles. The summed E-state index contributed by atoms with van der Waals surface area (Å²) in [7, 11) is -3.30. The maximum atomic E-state index is 12.3. The number of nitriles is 1. The van der Waals surface area contributed by atoms with Gasteiger partial charge in [-0.05, 0) is 12.8 Å². The molecule has 21 heavy (non-hydrogen) atoms. The lowest BCUT2D eigenvalue weighted by Crippen LogP contribution is -2.43. The number of alkyl halides is 1. The van der Waals surface area contributed by atoms with E-state index in [0.29, 0.717) is 45.0 Å². The van der Waals surface area contributed by atoms with Crippen molar-refractivity contribution in [2.24, 2.45) is 0 Å². The molecule has 0 aromatic carbocycles. The van der Waals surface area contributed by atoms with Crippen LogP contribution in [0.1, 0.15) is 19.3 Å². The summed E-state index contributed by atoms with van der Waals surface area (Å²) in [4.78, 5) is 2.19. The standard InChI is InChI=1S/C13H24ClN3O3S/c14-4-1-2-13-21(18,19)17(6-3-5-15)8-7-16-9-11-20-12-10-16/h1-4,6-13H2. The summed E-state index contributed by atoms with van der Waals surface area (Å²) in [6.07, 6.45) is 1.47. The molecule has 0 amide bonds. The van der Waals surface area contributed by atoms with E-state index in [-0.39, 0.29) is 18.7 Å². The first-order valence-electron chi connectivity index (χ1n) is 7.31. The highest BCUT2D eigenvalue weighted by molar-refractivity contribution is 7.89. The molecule has 122 valence electrons. The topological polar surface area (TPSA) is 73.6 Å². The number of hydrogen-bond donors (Lipinski definition) is 0. The van der Waals surface area contributed by atoms with Gasteiger partial charge in [0, 0.05) is 45.0 Å². The predicted molar refractivity (Wildman–Crippen MR) is 82.8 cm³/mol. The van der Waals surface area contributed by atoms with Crippen LogP contribution < -0.4 is 0 Å². The minimum absolute atomic E-state index is 0.105. The first-order valence-corrected chi connectivity index (χ1v) is 9.45. The monoisotopic (exact) mass is 337 g/mol. The summed E-state index contributed by atoms with van der Waals surface area (Å²) in [5.41, 5.74) is 0. The average Bonchev–Trinajstić information content (AvgIpc) is 2.48. The van der Waals surface area contributed by atoms with Crippen LogP contribution in [0, 0.1) is 11.3 Å². The molecule has 1 rings (SSSR count). The smallest absolute Gasteiger partial charge is 0.214 e. The van der Waals surface area contributed by atoms with Crippen molar-refractivity contribution in [3.63, 3.8) is 0 Å². The van der Waals surface area contributed by atoms with Crippen LogP contribution in [0.3, 0.4) is 0 Å². The number of sulfonamides is 1. The van der Waals surface area contributed by atoms with E-state index < -0.39 is 10.0 Å². The van der Waals surface area contributed by atoms with Crippen LogP contribution in [-0.2, 0) is 14.8 Å². The lowest BCUT2D eigenvalue weighted by atomic mass is 10.4. The van der Waals surface area contributed by atoms with Crippen LogP contribution in [0.5, 0.6) is 0 Å². The Morgan fingerprint density at radius 3 is 2.57 bits per heavy atom. The molecule has 0 N–H and O–H groups in total. The number of rotatable bonds is 10. The zero-order chi connectivity index (χ0) is 15.6. The molecule has 8 heteroatoms. The maximum absolute atomic E-state index is 12.3. The maximum Gasteiger partial charge on any atom is 0.214 e. The van der Waals surface area contributed by atoms with Gasteiger partial charge in [0.1, 0.15) is 0 Å². The van der Waals surface area contributed by atoms with E-state index >= 15 is 0 Å². The lowest BCUT2D eigenvalue weighted by molar-refractivity contribution is 0.0363. The number of unbranched alkanes of at least 4 members (excludes halogenated alkanes) is 1. The Morgan fingerprint density at radius 1 is 1.24 bits per heavy atom. The molecule has 1 saturated heterocycles. The van der Waals surface area contributed by atoms with Crippen LogP contribution >= 0.6 is 11.6 Å². The molecule has 1 fully saturated rings. The molecule has 0 bridgehead atoms. The van der Waals surface area contributed by atoms with E-state index in [4.69, 9.17) is 21.6 Å². The van der Waals surface area contributed by atoms with Crippen molar-refractivity contribution >= 4 is 21.6 Å². The normalized spacial score (nSPS) is 17.0. The Bertz CT molecular complexity index is 419. The third-order valence-corrected chi connectivity index (χ3v) is 5.65. The lowest BCUT2D eigenvalue weighted by Gasteiger charge is -2.29. The van der Waals surface area contributed by atoms with Gasteiger partial charge >= 0.3 is 0 Å². The van der Waals surface area contributed by atoms with Crippen molar-refractivity contribution in [3.05, 3.63) is 0 Å². The summed E-state index contributed by atoms with van der Waals surface area (Å²) >= 11 is 5.59. The number of hydrogen-bond acceptors (Lipinski definition) is 5. The largest absolute Gasteiger partial charge is 0.379 e. The van der Waals surface area contributed by atoms with Crippen LogP contribution in [0.25, 0.3) is 0 Å². The number of ether oxygens (including phenoxy) is 1. The van der Waals surface area contributed by atoms with E-state index in [1.807, 2.05) is 6.07 Å². The van der Waals surface area contributed by atoms with Gasteiger partial charge in [-0.3, -0.25) is 4.90 Å². The molecular weight excluding hydrogens is 314 g/mol. The Labute approximate surface area is 132 Å². The summed E-state index contributed by atoms with van der Waals surface area (Å²) in [5, 5.41) is 8.70. The van der Waals surface area contributed by atoms with Crippen molar-refractivity contribution < 1.29 is 13.2 Å². The third-order valence-electron chi connectivity index (χ3n) is 3.42. The molecule has 0 unspecified atom stereocenters.